The van der Waals surface area contributed by atoms with Gasteiger partial charge < -0.3 is 5.73 Å². The molecular weight excluding hydrogens is 170 g/mol. The first kappa shape index (κ1) is 7.90. The van der Waals surface area contributed by atoms with E-state index in [1.54, 1.807) is 0 Å². The van der Waals surface area contributed by atoms with Crippen LogP contribution in [0.15, 0.2) is 15.0 Å². The van der Waals surface area contributed by atoms with E-state index in [1.165, 1.54) is 0 Å². The van der Waals surface area contributed by atoms with Gasteiger partial charge in [-0.05, 0) is 0 Å². The lowest BCUT2D eigenvalue weighted by molar-refractivity contribution is -0.119. The molecule has 1 atom stereocenters. The SMILES string of the molecule is CCC1=NC2C(=O)NC(N)=NC2=N1. The molecule has 0 spiro atoms. The first-order chi connectivity index (χ1) is 6.20. The fourth-order valence-electron chi connectivity index (χ4n) is 1.21. The smallest absolute Gasteiger partial charge is 0.259 e. The van der Waals surface area contributed by atoms with Crippen LogP contribution in [0, 0.1) is 0 Å². The number of nitrogens with two attached hydrogens (primary N) is 1. The molecule has 13 heavy (non-hydrogen) atoms. The van der Waals surface area contributed by atoms with Crippen LogP contribution in [-0.4, -0.2) is 29.6 Å². The Bertz CT molecular complexity index is 354. The molecule has 0 aromatic rings. The molecule has 0 saturated carbocycles. The van der Waals surface area contributed by atoms with Crippen molar-refractivity contribution in [1.29, 1.82) is 0 Å². The third-order valence-electron chi connectivity index (χ3n) is 1.82. The number of hydrogen-bond donors (Lipinski definition) is 2. The van der Waals surface area contributed by atoms with Gasteiger partial charge in [0.2, 0.25) is 5.96 Å². The zero-order valence-corrected chi connectivity index (χ0v) is 7.11. The zero-order valence-electron chi connectivity index (χ0n) is 7.11. The molecule has 0 bridgehead atoms. The summed E-state index contributed by atoms with van der Waals surface area (Å²) in [6.07, 6.45) is 0.697. The van der Waals surface area contributed by atoms with Crippen LogP contribution in [0.4, 0.5) is 0 Å². The van der Waals surface area contributed by atoms with E-state index >= 15 is 0 Å². The Hall–Kier alpha value is -1.72. The van der Waals surface area contributed by atoms with Crippen molar-refractivity contribution in [1.82, 2.24) is 5.32 Å². The maximum atomic E-state index is 11.3. The fourth-order valence-corrected chi connectivity index (χ4v) is 1.21. The van der Waals surface area contributed by atoms with Crippen molar-refractivity contribution >= 4 is 23.5 Å². The second-order valence-corrected chi connectivity index (χ2v) is 2.76. The molecule has 2 aliphatic heterocycles. The lowest BCUT2D eigenvalue weighted by Gasteiger charge is -2.13. The van der Waals surface area contributed by atoms with Crippen molar-refractivity contribution in [3.05, 3.63) is 0 Å². The molecule has 0 aromatic heterocycles. The summed E-state index contributed by atoms with van der Waals surface area (Å²) in [4.78, 5) is 23.3. The molecule has 0 saturated heterocycles. The number of nitrogens with zero attached hydrogens (tertiary/aromatic N) is 3. The number of guanidine groups is 1. The second kappa shape index (κ2) is 2.65. The maximum absolute atomic E-state index is 11.3. The molecule has 0 aromatic carbocycles. The number of carbonyl (C=O) groups is 1. The number of fused-ring (bicyclic) bond motifs is 1. The molecule has 0 aliphatic carbocycles. The summed E-state index contributed by atoms with van der Waals surface area (Å²) in [7, 11) is 0. The monoisotopic (exact) mass is 179 g/mol. The Morgan fingerprint density at radius 2 is 2.31 bits per heavy atom. The van der Waals surface area contributed by atoms with E-state index in [4.69, 9.17) is 5.73 Å². The summed E-state index contributed by atoms with van der Waals surface area (Å²) in [6, 6.07) is -0.581. The molecule has 3 N–H and O–H groups in total. The van der Waals surface area contributed by atoms with Crippen molar-refractivity contribution in [2.75, 3.05) is 0 Å². The van der Waals surface area contributed by atoms with Gasteiger partial charge in [-0.3, -0.25) is 10.1 Å². The summed E-state index contributed by atoms with van der Waals surface area (Å²) in [5, 5.41) is 2.40. The summed E-state index contributed by atoms with van der Waals surface area (Å²) in [5.41, 5.74) is 5.35. The van der Waals surface area contributed by atoms with E-state index < -0.39 is 6.04 Å². The van der Waals surface area contributed by atoms with Crippen LogP contribution < -0.4 is 11.1 Å². The van der Waals surface area contributed by atoms with E-state index in [1.807, 2.05) is 6.92 Å². The van der Waals surface area contributed by atoms with E-state index in [2.05, 4.69) is 20.3 Å². The first-order valence-corrected chi connectivity index (χ1v) is 4.01. The van der Waals surface area contributed by atoms with Crippen LogP contribution in [0.25, 0.3) is 0 Å². The van der Waals surface area contributed by atoms with E-state index in [0.717, 1.165) is 0 Å². The Morgan fingerprint density at radius 1 is 1.54 bits per heavy atom. The summed E-state index contributed by atoms with van der Waals surface area (Å²) in [5.74, 6) is 0.883. The van der Waals surface area contributed by atoms with Gasteiger partial charge in [0.05, 0.1) is 0 Å². The van der Waals surface area contributed by atoms with Crippen LogP contribution in [0.2, 0.25) is 0 Å². The van der Waals surface area contributed by atoms with Crippen LogP contribution in [0.5, 0.6) is 0 Å². The first-order valence-electron chi connectivity index (χ1n) is 4.01. The number of amides is 1. The van der Waals surface area contributed by atoms with Crippen LogP contribution in [0.1, 0.15) is 13.3 Å². The molecule has 6 heteroatoms. The molecule has 1 unspecified atom stereocenters. The van der Waals surface area contributed by atoms with E-state index in [9.17, 15) is 4.79 Å². The molecule has 0 radical (unpaired) electrons. The van der Waals surface area contributed by atoms with Gasteiger partial charge in [-0.25, -0.2) is 9.98 Å². The standard InChI is InChI=1S/C7H9N5O/c1-2-3-9-4-5(10-3)11-7(8)12-6(4)13/h4H,2H2,1H3,(H3,8,9,10,11,12,13). The molecule has 1 amide bonds. The molecule has 68 valence electrons. The third kappa shape index (κ3) is 1.20. The average molecular weight is 179 g/mol. The lowest BCUT2D eigenvalue weighted by Crippen LogP contribution is -2.49. The number of rotatable bonds is 1. The number of nitrogens with one attached hydrogen (secondary N) is 1. The number of hydrogen-bond acceptors (Lipinski definition) is 5. The molecule has 2 heterocycles. The van der Waals surface area contributed by atoms with Gasteiger partial charge in [-0.2, -0.15) is 4.99 Å². The highest BCUT2D eigenvalue weighted by atomic mass is 16.2. The molecule has 2 rings (SSSR count). The normalized spacial score (nSPS) is 25.8. The highest BCUT2D eigenvalue weighted by molar-refractivity contribution is 6.24. The molecular formula is C7H9N5O. The van der Waals surface area contributed by atoms with Gasteiger partial charge in [-0.1, -0.05) is 6.92 Å². The molecule has 2 aliphatic rings. The van der Waals surface area contributed by atoms with Crippen LogP contribution >= 0.6 is 0 Å². The topological polar surface area (TPSA) is 92.2 Å². The van der Waals surface area contributed by atoms with Gasteiger partial charge in [0.15, 0.2) is 11.9 Å². The van der Waals surface area contributed by atoms with E-state index in [0.29, 0.717) is 18.1 Å². The number of carbonyl (C=O) groups excluding carboxylic acids is 1. The maximum Gasteiger partial charge on any atom is 0.259 e. The summed E-state index contributed by atoms with van der Waals surface area (Å²) in [6.45, 7) is 1.92. The second-order valence-electron chi connectivity index (χ2n) is 2.76. The zero-order chi connectivity index (χ0) is 9.42. The Kier molecular flexibility index (Phi) is 1.61. The van der Waals surface area contributed by atoms with Gasteiger partial charge in [-0.15, -0.1) is 0 Å². The minimum Gasteiger partial charge on any atom is -0.369 e. The van der Waals surface area contributed by atoms with Crippen molar-refractivity contribution in [3.63, 3.8) is 0 Å². The van der Waals surface area contributed by atoms with Crippen molar-refractivity contribution in [2.24, 2.45) is 20.7 Å². The van der Waals surface area contributed by atoms with Gasteiger partial charge >= 0.3 is 0 Å². The minimum atomic E-state index is -0.581. The summed E-state index contributed by atoms with van der Waals surface area (Å²) >= 11 is 0. The summed E-state index contributed by atoms with van der Waals surface area (Å²) < 4.78 is 0. The Labute approximate surface area is 74.7 Å². The van der Waals surface area contributed by atoms with Crippen molar-refractivity contribution in [3.8, 4) is 0 Å². The van der Waals surface area contributed by atoms with Crippen LogP contribution in [0.3, 0.4) is 0 Å². The quantitative estimate of drug-likeness (QED) is 0.541. The third-order valence-corrected chi connectivity index (χ3v) is 1.82. The highest BCUT2D eigenvalue weighted by Gasteiger charge is 2.32. The Morgan fingerprint density at radius 3 is 3.00 bits per heavy atom. The average Bonchev–Trinajstić information content (AvgIpc) is 2.47. The minimum absolute atomic E-state index is 0.0903. The fraction of sp³-hybridized carbons (Fsp3) is 0.429. The van der Waals surface area contributed by atoms with Crippen LogP contribution in [-0.2, 0) is 4.79 Å². The van der Waals surface area contributed by atoms with Crippen molar-refractivity contribution < 1.29 is 4.79 Å². The number of amidine groups is 2. The predicted molar refractivity (Wildman–Crippen MR) is 48.7 cm³/mol. The van der Waals surface area contributed by atoms with Crippen molar-refractivity contribution in [2.45, 2.75) is 19.4 Å². The lowest BCUT2D eigenvalue weighted by atomic mass is 10.2. The van der Waals surface area contributed by atoms with Gasteiger partial charge in [0.25, 0.3) is 5.91 Å². The molecule has 0 fully saturated rings. The molecule has 6 nitrogen and oxygen atoms in total. The van der Waals surface area contributed by atoms with Gasteiger partial charge in [0, 0.05) is 6.42 Å². The Balaban J connectivity index is 2.37. The largest absolute Gasteiger partial charge is 0.369 e. The predicted octanol–water partition coefficient (Wildman–Crippen LogP) is -0.980. The number of aliphatic imine (C=N–C) groups is 3. The highest BCUT2D eigenvalue weighted by Crippen LogP contribution is 2.11. The van der Waals surface area contributed by atoms with Gasteiger partial charge in [0.1, 0.15) is 5.84 Å². The van der Waals surface area contributed by atoms with E-state index in [-0.39, 0.29) is 11.9 Å².